The van der Waals surface area contributed by atoms with Crippen LogP contribution in [0.5, 0.6) is 0 Å². The number of benzene rings is 3. The fourth-order valence-corrected chi connectivity index (χ4v) is 4.24. The second kappa shape index (κ2) is 7.51. The predicted molar refractivity (Wildman–Crippen MR) is 120 cm³/mol. The first-order valence-electron chi connectivity index (χ1n) is 9.91. The number of halogens is 3. The number of rotatable bonds is 3. The number of anilines is 2. The maximum absolute atomic E-state index is 15.0. The number of carbonyl (C=O) groups excluding carboxylic acids is 1. The van der Waals surface area contributed by atoms with Gasteiger partial charge in [-0.2, -0.15) is 0 Å². The quantitative estimate of drug-likeness (QED) is 0.372. The van der Waals surface area contributed by atoms with Gasteiger partial charge in [-0.3, -0.25) is 14.6 Å². The SMILES string of the molecule is CN(C(=O)O)c1nc2ccc(C3(O)c4ccccc4C(=O)N3c3ccc(F)c(Cl)c3F)cc2[nH]1. The standard InChI is InChI=1S/C23H15ClF2N4O4/c1-29(22(32)33)21-27-15-8-6-11(10-16(15)28-21)23(34)13-5-3-2-4-12(13)20(31)30(23)17-9-7-14(25)18(24)19(17)26/h2-10,34H,1H3,(H,27,28)(H,32,33). The van der Waals surface area contributed by atoms with E-state index >= 15 is 4.39 Å². The number of aromatic nitrogens is 2. The Bertz CT molecular complexity index is 1510. The first kappa shape index (κ1) is 21.8. The number of aliphatic hydroxyl groups is 1. The van der Waals surface area contributed by atoms with Crippen LogP contribution in [0.15, 0.2) is 54.6 Å². The first-order valence-corrected chi connectivity index (χ1v) is 10.3. The molecular formula is C23H15ClF2N4O4. The van der Waals surface area contributed by atoms with Crippen molar-refractivity contribution in [2.75, 3.05) is 16.8 Å². The lowest BCUT2D eigenvalue weighted by Crippen LogP contribution is -2.45. The van der Waals surface area contributed by atoms with Crippen LogP contribution in [0.25, 0.3) is 11.0 Å². The number of carbonyl (C=O) groups is 2. The third-order valence-corrected chi connectivity index (χ3v) is 6.14. The van der Waals surface area contributed by atoms with Crippen LogP contribution in [0.1, 0.15) is 21.5 Å². The molecule has 1 aliphatic heterocycles. The molecule has 3 N–H and O–H groups in total. The van der Waals surface area contributed by atoms with Crippen molar-refractivity contribution in [2.45, 2.75) is 5.72 Å². The van der Waals surface area contributed by atoms with Gasteiger partial charge in [0, 0.05) is 23.7 Å². The molecule has 0 radical (unpaired) electrons. The molecule has 4 aromatic rings. The van der Waals surface area contributed by atoms with Crippen LogP contribution in [-0.4, -0.2) is 39.2 Å². The molecule has 11 heteroatoms. The minimum absolute atomic E-state index is 0.0442. The normalized spacial score (nSPS) is 17.3. The number of H-pyrrole nitrogens is 1. The second-order valence-corrected chi connectivity index (χ2v) is 8.06. The Balaban J connectivity index is 1.74. The molecule has 34 heavy (non-hydrogen) atoms. The summed E-state index contributed by atoms with van der Waals surface area (Å²) in [6.45, 7) is 0. The zero-order valence-electron chi connectivity index (χ0n) is 17.4. The number of aromatic amines is 1. The summed E-state index contributed by atoms with van der Waals surface area (Å²) >= 11 is 5.76. The van der Waals surface area contributed by atoms with Gasteiger partial charge in [0.15, 0.2) is 11.5 Å². The molecule has 3 aromatic carbocycles. The van der Waals surface area contributed by atoms with Gasteiger partial charge in [-0.05, 0) is 30.3 Å². The molecule has 0 saturated heterocycles. The average Bonchev–Trinajstić information content (AvgIpc) is 3.35. The van der Waals surface area contributed by atoms with Gasteiger partial charge in [0.1, 0.15) is 10.8 Å². The summed E-state index contributed by atoms with van der Waals surface area (Å²) in [7, 11) is 1.31. The van der Waals surface area contributed by atoms with Crippen molar-refractivity contribution in [1.29, 1.82) is 0 Å². The summed E-state index contributed by atoms with van der Waals surface area (Å²) < 4.78 is 28.9. The Labute approximate surface area is 195 Å². The van der Waals surface area contributed by atoms with Gasteiger partial charge in [-0.1, -0.05) is 35.9 Å². The number of hydrogen-bond donors (Lipinski definition) is 3. The first-order chi connectivity index (χ1) is 16.1. The fraction of sp³-hybridized carbons (Fsp3) is 0.0870. The van der Waals surface area contributed by atoms with E-state index in [1.165, 1.54) is 37.4 Å². The molecule has 5 rings (SSSR count). The van der Waals surface area contributed by atoms with Crippen LogP contribution in [-0.2, 0) is 5.72 Å². The maximum atomic E-state index is 15.0. The third-order valence-electron chi connectivity index (χ3n) is 5.79. The summed E-state index contributed by atoms with van der Waals surface area (Å²) in [4.78, 5) is 33.4. The highest BCUT2D eigenvalue weighted by Crippen LogP contribution is 2.46. The Morgan fingerprint density at radius 2 is 1.91 bits per heavy atom. The Morgan fingerprint density at radius 3 is 2.65 bits per heavy atom. The molecule has 8 nitrogen and oxygen atoms in total. The molecular weight excluding hydrogens is 470 g/mol. The second-order valence-electron chi connectivity index (χ2n) is 7.69. The van der Waals surface area contributed by atoms with Crippen molar-refractivity contribution in [3.05, 3.63) is 87.9 Å². The van der Waals surface area contributed by atoms with E-state index in [1.54, 1.807) is 12.1 Å². The Hall–Kier alpha value is -4.02. The molecule has 0 aliphatic carbocycles. The van der Waals surface area contributed by atoms with Crippen molar-refractivity contribution in [3.8, 4) is 0 Å². The van der Waals surface area contributed by atoms with Gasteiger partial charge in [-0.15, -0.1) is 0 Å². The van der Waals surface area contributed by atoms with Crippen molar-refractivity contribution in [3.63, 3.8) is 0 Å². The molecule has 0 spiro atoms. The number of imidazole rings is 1. The van der Waals surface area contributed by atoms with Crippen molar-refractivity contribution in [2.24, 2.45) is 0 Å². The molecule has 2 amide bonds. The van der Waals surface area contributed by atoms with Gasteiger partial charge in [0.2, 0.25) is 5.95 Å². The average molecular weight is 485 g/mol. The highest BCUT2D eigenvalue weighted by Gasteiger charge is 2.51. The van der Waals surface area contributed by atoms with Crippen LogP contribution in [0.4, 0.5) is 25.2 Å². The number of amides is 2. The van der Waals surface area contributed by atoms with E-state index in [0.29, 0.717) is 11.0 Å². The van der Waals surface area contributed by atoms with Crippen LogP contribution >= 0.6 is 11.6 Å². The highest BCUT2D eigenvalue weighted by molar-refractivity contribution is 6.31. The number of hydrogen-bond acceptors (Lipinski definition) is 4. The Morgan fingerprint density at radius 1 is 1.18 bits per heavy atom. The maximum Gasteiger partial charge on any atom is 0.413 e. The molecule has 172 valence electrons. The molecule has 1 aliphatic rings. The van der Waals surface area contributed by atoms with Crippen molar-refractivity contribution >= 4 is 46.3 Å². The van der Waals surface area contributed by atoms with Gasteiger partial charge in [0.05, 0.1) is 16.7 Å². The van der Waals surface area contributed by atoms with Gasteiger partial charge in [0.25, 0.3) is 5.91 Å². The molecule has 1 unspecified atom stereocenters. The lowest BCUT2D eigenvalue weighted by Gasteiger charge is -2.35. The summed E-state index contributed by atoms with van der Waals surface area (Å²) in [5, 5.41) is 20.4. The van der Waals surface area contributed by atoms with Crippen LogP contribution < -0.4 is 9.80 Å². The third kappa shape index (κ3) is 2.96. The molecule has 1 aromatic heterocycles. The lowest BCUT2D eigenvalue weighted by molar-refractivity contribution is 0.0699. The molecule has 1 atom stereocenters. The summed E-state index contributed by atoms with van der Waals surface area (Å²) in [6.07, 6.45) is -1.23. The van der Waals surface area contributed by atoms with E-state index < -0.39 is 40.1 Å². The van der Waals surface area contributed by atoms with Gasteiger partial charge < -0.3 is 15.2 Å². The predicted octanol–water partition coefficient (Wildman–Crippen LogP) is 4.46. The van der Waals surface area contributed by atoms with Crippen LogP contribution in [0, 0.1) is 11.6 Å². The smallest absolute Gasteiger partial charge is 0.413 e. The zero-order chi connectivity index (χ0) is 24.4. The van der Waals surface area contributed by atoms with Crippen molar-refractivity contribution in [1.82, 2.24) is 9.97 Å². The minimum atomic E-state index is -2.19. The highest BCUT2D eigenvalue weighted by atomic mass is 35.5. The monoisotopic (exact) mass is 484 g/mol. The van der Waals surface area contributed by atoms with Crippen molar-refractivity contribution < 1.29 is 28.6 Å². The topological polar surface area (TPSA) is 110 Å². The Kier molecular flexibility index (Phi) is 4.81. The number of nitrogens with zero attached hydrogens (tertiary/aromatic N) is 3. The summed E-state index contributed by atoms with van der Waals surface area (Å²) in [5.41, 5.74) is -1.37. The van der Waals surface area contributed by atoms with Gasteiger partial charge >= 0.3 is 6.09 Å². The van der Waals surface area contributed by atoms with E-state index in [-0.39, 0.29) is 22.6 Å². The molecule has 2 heterocycles. The number of nitrogens with one attached hydrogen (secondary N) is 1. The van der Waals surface area contributed by atoms with E-state index in [4.69, 9.17) is 11.6 Å². The summed E-state index contributed by atoms with van der Waals surface area (Å²) in [5.74, 6) is -2.88. The van der Waals surface area contributed by atoms with Crippen LogP contribution in [0.2, 0.25) is 5.02 Å². The fourth-order valence-electron chi connectivity index (χ4n) is 4.08. The lowest BCUT2D eigenvalue weighted by atomic mass is 9.93. The van der Waals surface area contributed by atoms with Gasteiger partial charge in [-0.25, -0.2) is 18.6 Å². The number of fused-ring (bicyclic) bond motifs is 2. The minimum Gasteiger partial charge on any atom is -0.465 e. The number of carboxylic acid groups (broad SMARTS) is 1. The van der Waals surface area contributed by atoms with E-state index in [1.807, 2.05) is 0 Å². The zero-order valence-corrected chi connectivity index (χ0v) is 18.1. The molecule has 0 fully saturated rings. The molecule has 0 saturated carbocycles. The van der Waals surface area contributed by atoms with Crippen LogP contribution in [0.3, 0.4) is 0 Å². The summed E-state index contributed by atoms with van der Waals surface area (Å²) in [6, 6.07) is 12.6. The molecule has 0 bridgehead atoms. The van der Waals surface area contributed by atoms with E-state index in [9.17, 15) is 24.2 Å². The largest absolute Gasteiger partial charge is 0.465 e. The van der Waals surface area contributed by atoms with E-state index in [0.717, 1.165) is 21.9 Å². The van der Waals surface area contributed by atoms with E-state index in [2.05, 4.69) is 9.97 Å².